The summed E-state index contributed by atoms with van der Waals surface area (Å²) in [5, 5.41) is 10.7. The van der Waals surface area contributed by atoms with E-state index in [2.05, 4.69) is 15.8 Å². The summed E-state index contributed by atoms with van der Waals surface area (Å²) in [6.45, 7) is 1.76. The van der Waals surface area contributed by atoms with E-state index < -0.39 is 5.41 Å². The minimum Gasteiger partial charge on any atom is -0.338 e. The number of aryl methyl sites for hydroxylation is 1. The molecule has 1 aliphatic carbocycles. The maximum absolute atomic E-state index is 13.5. The lowest BCUT2D eigenvalue weighted by Crippen LogP contribution is -2.43. The van der Waals surface area contributed by atoms with E-state index in [-0.39, 0.29) is 11.7 Å². The second-order valence-electron chi connectivity index (χ2n) is 7.12. The zero-order chi connectivity index (χ0) is 19.2. The summed E-state index contributed by atoms with van der Waals surface area (Å²) in [5.74, 6) is -0.136. The average Bonchev–Trinajstić information content (AvgIpc) is 3.29. The zero-order valence-corrected chi connectivity index (χ0v) is 15.3. The fourth-order valence-electron chi connectivity index (χ4n) is 4.68. The van der Waals surface area contributed by atoms with Gasteiger partial charge in [-0.3, -0.25) is 9.59 Å². The second kappa shape index (κ2) is 4.91. The van der Waals surface area contributed by atoms with Gasteiger partial charge in [-0.2, -0.15) is 0 Å². The fourth-order valence-corrected chi connectivity index (χ4v) is 4.85. The van der Waals surface area contributed by atoms with Crippen LogP contribution in [0.4, 0.5) is 11.6 Å². The molecule has 0 radical (unpaired) electrons. The molecule has 0 saturated carbocycles. The Bertz CT molecular complexity index is 1290. The topological polar surface area (TPSA) is 84.2 Å². The van der Waals surface area contributed by atoms with Crippen LogP contribution >= 0.6 is 11.6 Å². The van der Waals surface area contributed by atoms with Crippen LogP contribution in [0.5, 0.6) is 0 Å². The third-order valence-corrected chi connectivity index (χ3v) is 5.98. The number of hydrogen-bond acceptors (Lipinski definition) is 5. The monoisotopic (exact) mass is 389 g/mol. The van der Waals surface area contributed by atoms with Gasteiger partial charge < -0.3 is 15.2 Å². The van der Waals surface area contributed by atoms with Crippen molar-refractivity contribution in [3.63, 3.8) is 0 Å². The highest BCUT2D eigenvalue weighted by atomic mass is 35.5. The lowest BCUT2D eigenvalue weighted by molar-refractivity contribution is -0.118. The van der Waals surface area contributed by atoms with Crippen LogP contribution in [0.1, 0.15) is 32.7 Å². The largest absolute Gasteiger partial charge is 0.338 e. The van der Waals surface area contributed by atoms with E-state index in [0.29, 0.717) is 50.2 Å². The van der Waals surface area contributed by atoms with E-state index >= 15 is 0 Å². The van der Waals surface area contributed by atoms with Crippen molar-refractivity contribution in [1.29, 1.82) is 0 Å². The van der Waals surface area contributed by atoms with E-state index in [1.807, 2.05) is 18.2 Å². The van der Waals surface area contributed by atoms with Crippen molar-refractivity contribution in [2.45, 2.75) is 12.3 Å². The minimum atomic E-state index is -1.36. The number of nitrogens with one attached hydrogen (secondary N) is 2. The first kappa shape index (κ1) is 15.7. The van der Waals surface area contributed by atoms with E-state index in [0.717, 1.165) is 5.56 Å². The van der Waals surface area contributed by atoms with Gasteiger partial charge in [-0.05, 0) is 25.1 Å². The number of anilines is 2. The minimum absolute atomic E-state index is 0.188. The molecule has 2 aliphatic heterocycles. The van der Waals surface area contributed by atoms with Crippen molar-refractivity contribution in [2.75, 3.05) is 10.6 Å². The van der Waals surface area contributed by atoms with Crippen LogP contribution in [0.2, 0.25) is 5.02 Å². The van der Waals surface area contributed by atoms with Crippen molar-refractivity contribution in [2.24, 2.45) is 0 Å². The highest BCUT2D eigenvalue weighted by molar-refractivity contribution is 6.33. The Morgan fingerprint density at radius 3 is 2.68 bits per heavy atom. The summed E-state index contributed by atoms with van der Waals surface area (Å²) in [7, 11) is 0. The molecule has 136 valence electrons. The Kier molecular flexibility index (Phi) is 2.74. The molecule has 7 heteroatoms. The Hall–Kier alpha value is -3.38. The number of nitrogens with zero attached hydrogens (tertiary/aromatic N) is 1. The van der Waals surface area contributed by atoms with Crippen LogP contribution in [-0.4, -0.2) is 16.8 Å². The predicted octanol–water partition coefficient (Wildman–Crippen LogP) is 3.91. The molecule has 1 aromatic heterocycles. The van der Waals surface area contributed by atoms with Crippen LogP contribution in [0.3, 0.4) is 0 Å². The van der Waals surface area contributed by atoms with E-state index in [1.165, 1.54) is 0 Å². The number of carbonyl (C=O) groups excluding carboxylic acids is 2. The smallest absolute Gasteiger partial charge is 0.244 e. The molecule has 3 heterocycles. The Balaban J connectivity index is 1.79. The maximum Gasteiger partial charge on any atom is 0.244 e. The number of hydrogen-bond donors (Lipinski definition) is 2. The zero-order valence-electron chi connectivity index (χ0n) is 14.6. The lowest BCUT2D eigenvalue weighted by Gasteiger charge is -2.33. The van der Waals surface area contributed by atoms with Gasteiger partial charge in [0.25, 0.3) is 0 Å². The van der Waals surface area contributed by atoms with Gasteiger partial charge in [0.15, 0.2) is 5.78 Å². The van der Waals surface area contributed by atoms with Crippen LogP contribution in [0, 0.1) is 6.92 Å². The quantitative estimate of drug-likeness (QED) is 0.609. The molecule has 28 heavy (non-hydrogen) atoms. The molecule has 0 saturated heterocycles. The summed E-state index contributed by atoms with van der Waals surface area (Å²) in [4.78, 5) is 27.0. The summed E-state index contributed by atoms with van der Waals surface area (Å²) >= 11 is 6.29. The first-order chi connectivity index (χ1) is 13.5. The number of carbonyl (C=O) groups is 2. The summed E-state index contributed by atoms with van der Waals surface area (Å²) < 4.78 is 5.51. The SMILES string of the molecule is Cc1noc2c1C1(C(=O)Nc3ccc(Cl)cc31)C1=C(N2)c2ccccc2C1=O. The molecular weight excluding hydrogens is 378 g/mol. The number of benzene rings is 2. The van der Waals surface area contributed by atoms with Gasteiger partial charge in [-0.15, -0.1) is 0 Å². The molecule has 2 N–H and O–H groups in total. The van der Waals surface area contributed by atoms with Gasteiger partial charge in [0.05, 0.1) is 17.0 Å². The summed E-state index contributed by atoms with van der Waals surface area (Å²) in [6, 6.07) is 12.5. The van der Waals surface area contributed by atoms with Crippen LogP contribution in [0.25, 0.3) is 5.70 Å². The van der Waals surface area contributed by atoms with Crippen molar-refractivity contribution in [3.8, 4) is 0 Å². The molecule has 1 atom stereocenters. The molecular formula is C21H12ClN3O3. The summed E-state index contributed by atoms with van der Waals surface area (Å²) in [6.07, 6.45) is 0. The molecule has 1 amide bonds. The number of halogens is 1. The molecule has 1 unspecified atom stereocenters. The second-order valence-corrected chi connectivity index (χ2v) is 7.55. The van der Waals surface area contributed by atoms with E-state index in [9.17, 15) is 9.59 Å². The van der Waals surface area contributed by atoms with Gasteiger partial charge in [0, 0.05) is 33.0 Å². The van der Waals surface area contributed by atoms with Gasteiger partial charge in [0.2, 0.25) is 11.8 Å². The lowest BCUT2D eigenvalue weighted by atomic mass is 9.67. The van der Waals surface area contributed by atoms with Crippen molar-refractivity contribution < 1.29 is 14.1 Å². The summed E-state index contributed by atoms with van der Waals surface area (Å²) in [5.41, 5.74) is 3.23. The van der Waals surface area contributed by atoms with E-state index in [4.69, 9.17) is 16.1 Å². The number of fused-ring (bicyclic) bond motifs is 7. The number of amides is 1. The Labute approximate surface area is 164 Å². The number of rotatable bonds is 0. The third-order valence-electron chi connectivity index (χ3n) is 5.74. The molecule has 6 nitrogen and oxygen atoms in total. The third kappa shape index (κ3) is 1.59. The van der Waals surface area contributed by atoms with Gasteiger partial charge in [-0.1, -0.05) is 41.0 Å². The van der Waals surface area contributed by atoms with Crippen molar-refractivity contribution in [1.82, 2.24) is 5.16 Å². The molecule has 6 rings (SSSR count). The van der Waals surface area contributed by atoms with Crippen LogP contribution in [0.15, 0.2) is 52.6 Å². The van der Waals surface area contributed by atoms with Crippen LogP contribution < -0.4 is 10.6 Å². The molecule has 3 aliphatic rings. The predicted molar refractivity (Wildman–Crippen MR) is 103 cm³/mol. The Morgan fingerprint density at radius 2 is 1.86 bits per heavy atom. The average molecular weight is 390 g/mol. The molecule has 0 fully saturated rings. The standard InChI is InChI=1S/C21H12ClN3O3/c1-9-15-19(28-25-9)24-17-11-4-2-3-5-12(11)18(26)16(17)21(15)13-8-10(22)6-7-14(13)23-20(21)27/h2-8,24H,1H3,(H,23,27). The van der Waals surface area contributed by atoms with Gasteiger partial charge in [-0.25, -0.2) is 0 Å². The maximum atomic E-state index is 13.5. The Morgan fingerprint density at radius 1 is 1.07 bits per heavy atom. The highest BCUT2D eigenvalue weighted by Crippen LogP contribution is 2.58. The first-order valence-electron chi connectivity index (χ1n) is 8.77. The molecule has 3 aromatic rings. The molecule has 0 bridgehead atoms. The number of ketones is 1. The van der Waals surface area contributed by atoms with Gasteiger partial charge >= 0.3 is 0 Å². The van der Waals surface area contributed by atoms with Gasteiger partial charge in [0.1, 0.15) is 5.41 Å². The fraction of sp³-hybridized carbons (Fsp3) is 0.0952. The van der Waals surface area contributed by atoms with E-state index in [1.54, 1.807) is 31.2 Å². The number of Topliss-reactive ketones (excluding diaryl/α,β-unsaturated/α-hetero) is 1. The molecule has 2 aromatic carbocycles. The van der Waals surface area contributed by atoms with Crippen LogP contribution in [-0.2, 0) is 10.2 Å². The molecule has 1 spiro atoms. The first-order valence-corrected chi connectivity index (χ1v) is 9.15. The van der Waals surface area contributed by atoms with Crippen molar-refractivity contribution in [3.05, 3.63) is 81.0 Å². The normalized spacial score (nSPS) is 21.2. The highest BCUT2D eigenvalue weighted by Gasteiger charge is 2.61. The van der Waals surface area contributed by atoms with Crippen molar-refractivity contribution >= 4 is 40.6 Å². The number of aromatic nitrogens is 1.